The van der Waals surface area contributed by atoms with Gasteiger partial charge in [-0.3, -0.25) is 4.31 Å². The number of benzene rings is 1. The van der Waals surface area contributed by atoms with E-state index < -0.39 is 16.2 Å². The van der Waals surface area contributed by atoms with Gasteiger partial charge in [0.1, 0.15) is 0 Å². The minimum Gasteiger partial charge on any atom is -0.478 e. The zero-order valence-corrected chi connectivity index (χ0v) is 11.7. The van der Waals surface area contributed by atoms with E-state index >= 15 is 0 Å². The predicted octanol–water partition coefficient (Wildman–Crippen LogP) is 1.57. The van der Waals surface area contributed by atoms with E-state index in [0.29, 0.717) is 0 Å². The molecule has 1 aliphatic rings. The van der Waals surface area contributed by atoms with Gasteiger partial charge in [0.25, 0.3) is 0 Å². The molecular weight excluding hydrogens is 280 g/mol. The van der Waals surface area contributed by atoms with Crippen LogP contribution in [-0.2, 0) is 21.5 Å². The van der Waals surface area contributed by atoms with Crippen LogP contribution in [0, 0.1) is 0 Å². The molecule has 0 saturated carbocycles. The van der Waals surface area contributed by atoms with Crippen molar-refractivity contribution in [2.45, 2.75) is 19.9 Å². The lowest BCUT2D eigenvalue weighted by Crippen LogP contribution is -2.31. The molecule has 106 valence electrons. The zero-order valence-electron chi connectivity index (χ0n) is 10.9. The van der Waals surface area contributed by atoms with Gasteiger partial charge >= 0.3 is 16.2 Å². The van der Waals surface area contributed by atoms with Gasteiger partial charge in [-0.1, -0.05) is 37.3 Å². The van der Waals surface area contributed by atoms with E-state index in [1.165, 1.54) is 0 Å². The fourth-order valence-electron chi connectivity index (χ4n) is 1.85. The summed E-state index contributed by atoms with van der Waals surface area (Å²) in [6.07, 6.45) is 1.38. The Bertz CT molecular complexity index is 678. The van der Waals surface area contributed by atoms with E-state index in [9.17, 15) is 13.2 Å². The predicted molar refractivity (Wildman–Crippen MR) is 74.3 cm³/mol. The summed E-state index contributed by atoms with van der Waals surface area (Å²) in [5.74, 6) is -1.18. The number of carboxylic acid groups (broad SMARTS) is 1. The molecule has 1 N–H and O–H groups in total. The van der Waals surface area contributed by atoms with Gasteiger partial charge < -0.3 is 5.11 Å². The minimum atomic E-state index is -3.87. The maximum Gasteiger partial charge on any atom is 0.344 e. The second-order valence-corrected chi connectivity index (χ2v) is 5.80. The summed E-state index contributed by atoms with van der Waals surface area (Å²) in [5.41, 5.74) is 0.743. The highest BCUT2D eigenvalue weighted by molar-refractivity contribution is 7.88. The summed E-state index contributed by atoms with van der Waals surface area (Å²) >= 11 is 0. The van der Waals surface area contributed by atoms with Crippen molar-refractivity contribution in [1.29, 1.82) is 0 Å². The summed E-state index contributed by atoms with van der Waals surface area (Å²) < 4.78 is 28.6. The van der Waals surface area contributed by atoms with Gasteiger partial charge in [-0.2, -0.15) is 8.42 Å². The molecular formula is C13H14N2O4S. The fraction of sp³-hybridized carbons (Fsp3) is 0.231. The molecule has 0 spiro atoms. The molecule has 0 radical (unpaired) electrons. The summed E-state index contributed by atoms with van der Waals surface area (Å²) in [7, 11) is -3.87. The van der Waals surface area contributed by atoms with Crippen molar-refractivity contribution in [1.82, 2.24) is 4.31 Å². The zero-order chi connectivity index (χ0) is 14.8. The second kappa shape index (κ2) is 5.46. The summed E-state index contributed by atoms with van der Waals surface area (Å²) in [6.45, 7) is 1.72. The Morgan fingerprint density at radius 2 is 1.95 bits per heavy atom. The van der Waals surface area contributed by atoms with E-state index in [-0.39, 0.29) is 24.3 Å². The minimum absolute atomic E-state index is 0.0560. The number of rotatable bonds is 4. The first kappa shape index (κ1) is 14.3. The van der Waals surface area contributed by atoms with Crippen molar-refractivity contribution in [2.75, 3.05) is 0 Å². The van der Waals surface area contributed by atoms with Gasteiger partial charge in [0.15, 0.2) is 0 Å². The van der Waals surface area contributed by atoms with E-state index in [2.05, 4.69) is 4.40 Å². The number of carboxylic acids is 1. The molecule has 0 amide bonds. The van der Waals surface area contributed by atoms with Gasteiger partial charge in [-0.25, -0.2) is 4.79 Å². The second-order valence-electron chi connectivity index (χ2n) is 4.25. The van der Waals surface area contributed by atoms with Crippen LogP contribution in [0.3, 0.4) is 0 Å². The Labute approximate surface area is 117 Å². The Balaban J connectivity index is 2.38. The molecule has 0 aromatic heterocycles. The third-order valence-electron chi connectivity index (χ3n) is 2.85. The van der Waals surface area contributed by atoms with Crippen molar-refractivity contribution < 1.29 is 18.3 Å². The van der Waals surface area contributed by atoms with Gasteiger partial charge in [0, 0.05) is 6.20 Å². The van der Waals surface area contributed by atoms with E-state index in [4.69, 9.17) is 5.11 Å². The number of hydrogen-bond acceptors (Lipinski definition) is 3. The highest BCUT2D eigenvalue weighted by Crippen LogP contribution is 2.20. The van der Waals surface area contributed by atoms with E-state index in [0.717, 1.165) is 16.1 Å². The molecule has 2 rings (SSSR count). The Morgan fingerprint density at radius 3 is 2.50 bits per heavy atom. The van der Waals surface area contributed by atoms with Gasteiger partial charge in [-0.15, -0.1) is 4.40 Å². The van der Waals surface area contributed by atoms with Crippen molar-refractivity contribution in [3.63, 3.8) is 0 Å². The monoisotopic (exact) mass is 294 g/mol. The molecule has 0 fully saturated rings. The average molecular weight is 294 g/mol. The quantitative estimate of drug-likeness (QED) is 0.913. The van der Waals surface area contributed by atoms with Crippen LogP contribution in [0.15, 0.2) is 46.5 Å². The lowest BCUT2D eigenvalue weighted by molar-refractivity contribution is -0.132. The molecule has 1 heterocycles. The third kappa shape index (κ3) is 2.88. The first-order valence-electron chi connectivity index (χ1n) is 6.04. The first-order chi connectivity index (χ1) is 9.44. The van der Waals surface area contributed by atoms with Gasteiger partial charge in [-0.05, 0) is 12.0 Å². The van der Waals surface area contributed by atoms with Crippen LogP contribution < -0.4 is 0 Å². The molecule has 0 unspecified atom stereocenters. The lowest BCUT2D eigenvalue weighted by atomic mass is 10.1. The van der Waals surface area contributed by atoms with Crippen LogP contribution >= 0.6 is 0 Å². The van der Waals surface area contributed by atoms with Crippen LogP contribution in [0.1, 0.15) is 18.9 Å². The molecule has 1 aromatic rings. The van der Waals surface area contributed by atoms with Crippen molar-refractivity contribution in [3.8, 4) is 0 Å². The molecule has 0 aliphatic carbocycles. The maximum absolute atomic E-state index is 12.0. The van der Waals surface area contributed by atoms with E-state index in [1.54, 1.807) is 31.2 Å². The summed E-state index contributed by atoms with van der Waals surface area (Å²) in [6, 6.07) is 8.93. The van der Waals surface area contributed by atoms with Crippen LogP contribution in [0.5, 0.6) is 0 Å². The summed E-state index contributed by atoms with van der Waals surface area (Å²) in [5, 5.41) is 9.12. The normalized spacial score (nSPS) is 17.4. The maximum atomic E-state index is 12.0. The molecule has 1 aromatic carbocycles. The highest BCUT2D eigenvalue weighted by atomic mass is 32.2. The van der Waals surface area contributed by atoms with E-state index in [1.807, 2.05) is 6.07 Å². The summed E-state index contributed by atoms with van der Waals surface area (Å²) in [4.78, 5) is 11.2. The largest absolute Gasteiger partial charge is 0.478 e. The lowest BCUT2D eigenvalue weighted by Gasteiger charge is -2.23. The Kier molecular flexibility index (Phi) is 3.89. The van der Waals surface area contributed by atoms with Crippen LogP contribution in [0.25, 0.3) is 0 Å². The molecule has 1 aliphatic heterocycles. The number of carbonyl (C=O) groups is 1. The topological polar surface area (TPSA) is 87.0 Å². The van der Waals surface area contributed by atoms with Crippen molar-refractivity contribution in [3.05, 3.63) is 47.7 Å². The van der Waals surface area contributed by atoms with Gasteiger partial charge in [0.2, 0.25) is 0 Å². The standard InChI is InChI=1S/C13H14N2O4S/c1-2-12-11(13(16)17)9-15(20(18,19)14-12)8-10-6-4-3-5-7-10/h3-7,9H,2,8H2,1H3,(H,16,17). The van der Waals surface area contributed by atoms with Crippen molar-refractivity contribution in [2.24, 2.45) is 4.40 Å². The number of nitrogens with zero attached hydrogens (tertiary/aromatic N) is 2. The fourth-order valence-corrected chi connectivity index (χ4v) is 3.01. The van der Waals surface area contributed by atoms with Gasteiger partial charge in [0.05, 0.1) is 17.8 Å². The van der Waals surface area contributed by atoms with Crippen LogP contribution in [0.4, 0.5) is 0 Å². The SMILES string of the molecule is CCC1=NS(=O)(=O)N(Cc2ccccc2)C=C1C(=O)O. The van der Waals surface area contributed by atoms with Crippen LogP contribution in [0.2, 0.25) is 0 Å². The average Bonchev–Trinajstić information content (AvgIpc) is 2.41. The first-order valence-corrected chi connectivity index (χ1v) is 7.43. The molecule has 0 saturated heterocycles. The Hall–Kier alpha value is -2.15. The molecule has 0 atom stereocenters. The Morgan fingerprint density at radius 1 is 1.30 bits per heavy atom. The molecule has 6 nitrogen and oxygen atoms in total. The highest BCUT2D eigenvalue weighted by Gasteiger charge is 2.29. The third-order valence-corrected chi connectivity index (χ3v) is 4.13. The van der Waals surface area contributed by atoms with Crippen molar-refractivity contribution >= 4 is 21.9 Å². The smallest absolute Gasteiger partial charge is 0.344 e. The number of aliphatic carboxylic acids is 1. The molecule has 20 heavy (non-hydrogen) atoms. The van der Waals surface area contributed by atoms with Crippen LogP contribution in [-0.4, -0.2) is 29.5 Å². The molecule has 7 heteroatoms. The molecule has 0 bridgehead atoms. The number of hydrogen-bond donors (Lipinski definition) is 1.